The van der Waals surface area contributed by atoms with Crippen LogP contribution in [0.25, 0.3) is 5.53 Å². The van der Waals surface area contributed by atoms with Crippen molar-refractivity contribution in [2.24, 2.45) is 0 Å². The molecule has 0 aromatic rings. The molecule has 6 nitrogen and oxygen atoms in total. The Morgan fingerprint density at radius 2 is 2.65 bits per heavy atom. The third kappa shape index (κ3) is 2.90. The lowest BCUT2D eigenvalue weighted by Gasteiger charge is -2.33. The van der Waals surface area contributed by atoms with Gasteiger partial charge in [0.2, 0.25) is 7.09 Å². The van der Waals surface area contributed by atoms with E-state index in [1.165, 1.54) is 11.8 Å². The molecule has 1 radical (unpaired) electrons. The first-order valence-corrected chi connectivity index (χ1v) is 5.91. The molecule has 0 saturated carbocycles. The highest BCUT2D eigenvalue weighted by atomic mass is 32.2. The summed E-state index contributed by atoms with van der Waals surface area (Å²) in [7, 11) is 1.05. The maximum absolute atomic E-state index is 12.1. The van der Waals surface area contributed by atoms with Gasteiger partial charge in [-0.25, -0.2) is 0 Å². The number of hydrogen-bond donors (Lipinski definition) is 0. The van der Waals surface area contributed by atoms with E-state index in [2.05, 4.69) is 4.79 Å². The molecule has 1 aliphatic rings. The van der Waals surface area contributed by atoms with Crippen LogP contribution in [0.3, 0.4) is 0 Å². The molecular formula is C9H15BN3O3S. The maximum atomic E-state index is 12.1. The summed E-state index contributed by atoms with van der Waals surface area (Å²) in [5.41, 5.74) is 7.75. The molecule has 93 valence electrons. The van der Waals surface area contributed by atoms with E-state index in [9.17, 15) is 4.79 Å². The number of nitrogens with zero attached hydrogens (tertiary/aromatic N) is 3. The summed E-state index contributed by atoms with van der Waals surface area (Å²) < 4.78 is 17.6. The van der Waals surface area contributed by atoms with Crippen molar-refractivity contribution in [3.63, 3.8) is 0 Å². The van der Waals surface area contributed by atoms with Gasteiger partial charge in [0, 0.05) is 6.92 Å². The van der Waals surface area contributed by atoms with Gasteiger partial charge in [0.05, 0.1) is 12.6 Å². The zero-order chi connectivity index (χ0) is 13.8. The molecule has 0 unspecified atom stereocenters. The molecule has 8 heteroatoms. The van der Waals surface area contributed by atoms with Gasteiger partial charge in [-0.2, -0.15) is 4.79 Å². The van der Waals surface area contributed by atoms with Crippen molar-refractivity contribution < 1.29 is 18.5 Å². The highest BCUT2D eigenvalue weighted by Gasteiger charge is 2.47. The monoisotopic (exact) mass is 258 g/mol. The average Bonchev–Trinajstić information content (AvgIpc) is 2.64. The molecule has 2 atom stereocenters. The quantitative estimate of drug-likeness (QED) is 0.175. The van der Waals surface area contributed by atoms with Gasteiger partial charge in [0.1, 0.15) is 6.61 Å². The van der Waals surface area contributed by atoms with Crippen molar-refractivity contribution in [2.45, 2.75) is 32.5 Å². The van der Waals surface area contributed by atoms with E-state index < -0.39 is 11.6 Å². The Hall–Kier alpha value is -0.815. The van der Waals surface area contributed by atoms with E-state index in [0.717, 1.165) is 19.0 Å². The Bertz CT molecular complexity index is 380. The molecular weight excluding hydrogens is 241 g/mol. The minimum atomic E-state index is -0.918. The zero-order valence-electron chi connectivity index (χ0n) is 11.0. The SMILES string of the molecule is [3H][B]SOC[C@]1(C)OC[C@H](C)N1C(=O)C(C)=[N+]=[N-]. The molecule has 17 heavy (non-hydrogen) atoms. The first kappa shape index (κ1) is 12.6. The molecule has 0 aromatic heterocycles. The second-order valence-corrected chi connectivity index (χ2v) is 4.48. The fraction of sp³-hybridized carbons (Fsp3) is 0.778. The highest BCUT2D eigenvalue weighted by molar-refractivity contribution is 8.15. The maximum Gasteiger partial charge on any atom is 0.353 e. The van der Waals surface area contributed by atoms with E-state index >= 15 is 0 Å². The van der Waals surface area contributed by atoms with Gasteiger partial charge in [-0.15, -0.1) is 0 Å². The molecule has 1 rings (SSSR count). The van der Waals surface area contributed by atoms with Crippen LogP contribution in [-0.2, 0) is 13.7 Å². The van der Waals surface area contributed by atoms with Crippen molar-refractivity contribution in [1.82, 2.24) is 4.90 Å². The fourth-order valence-corrected chi connectivity index (χ4v) is 2.08. The Labute approximate surface area is 107 Å². The molecule has 0 spiro atoms. The molecule has 0 bridgehead atoms. The van der Waals surface area contributed by atoms with Gasteiger partial charge in [-0.1, -0.05) is 11.9 Å². The molecule has 1 saturated heterocycles. The normalized spacial score (nSPS) is 28.5. The minimum Gasteiger partial charge on any atom is -0.361 e. The number of carbonyl (C=O) groups is 1. The summed E-state index contributed by atoms with van der Waals surface area (Å²) in [5.74, 6) is -0.395. The topological polar surface area (TPSA) is 75.2 Å². The second kappa shape index (κ2) is 5.68. The van der Waals surface area contributed by atoms with Crippen molar-refractivity contribution >= 4 is 30.6 Å². The summed E-state index contributed by atoms with van der Waals surface area (Å²) in [4.78, 5) is 16.5. The Morgan fingerprint density at radius 3 is 3.24 bits per heavy atom. The van der Waals surface area contributed by atoms with Crippen LogP contribution in [0.2, 0.25) is 0 Å². The lowest BCUT2D eigenvalue weighted by atomic mass is 10.2. The van der Waals surface area contributed by atoms with Crippen LogP contribution < -0.4 is 0 Å². The lowest BCUT2D eigenvalue weighted by molar-refractivity contribution is -0.149. The summed E-state index contributed by atoms with van der Waals surface area (Å²) >= 11 is 0.867. The van der Waals surface area contributed by atoms with Crippen molar-refractivity contribution in [3.8, 4) is 0 Å². The van der Waals surface area contributed by atoms with Gasteiger partial charge in [-0.05, 0) is 15.2 Å². The standard InChI is InChI=1S/C9H15BN3O3S/c1-6-4-15-9(3,5-16-17-10)13(6)8(14)7(2)12-11/h6,10H,4-5H2,1-3H3/t6-,9-/m0/s1/i10T. The first-order chi connectivity index (χ1) is 8.46. The molecule has 1 heterocycles. The molecule has 0 N–H and O–H groups in total. The van der Waals surface area contributed by atoms with Crippen LogP contribution >= 0.6 is 11.9 Å². The number of carbonyl (C=O) groups excluding carboxylic acids is 1. The molecule has 0 aliphatic carbocycles. The summed E-state index contributed by atoms with van der Waals surface area (Å²) in [5, 5.41) is 0. The van der Waals surface area contributed by atoms with E-state index in [1.54, 1.807) is 6.92 Å². The predicted octanol–water partition coefficient (Wildman–Crippen LogP) is 0.121. The molecule has 1 fully saturated rings. The van der Waals surface area contributed by atoms with Crippen molar-refractivity contribution in [2.75, 3.05) is 13.2 Å². The first-order valence-electron chi connectivity index (χ1n) is 5.68. The van der Waals surface area contributed by atoms with Gasteiger partial charge in [0.25, 0.3) is 0 Å². The van der Waals surface area contributed by atoms with E-state index in [0.29, 0.717) is 6.61 Å². The van der Waals surface area contributed by atoms with Crippen LogP contribution in [0.5, 0.6) is 0 Å². The minimum absolute atomic E-state index is 0.00159. The Balaban J connectivity index is 2.83. The van der Waals surface area contributed by atoms with Crippen LogP contribution in [0.1, 0.15) is 20.8 Å². The van der Waals surface area contributed by atoms with Crippen molar-refractivity contribution in [3.05, 3.63) is 5.53 Å². The van der Waals surface area contributed by atoms with Crippen molar-refractivity contribution in [1.29, 1.82) is 1.34 Å². The van der Waals surface area contributed by atoms with Gasteiger partial charge >= 0.3 is 11.6 Å². The number of amides is 1. The zero-order valence-corrected chi connectivity index (χ0v) is 10.9. The number of rotatable bonds is 5. The largest absolute Gasteiger partial charge is 0.361 e. The third-order valence-electron chi connectivity index (χ3n) is 2.66. The fourth-order valence-electron chi connectivity index (χ4n) is 1.80. The number of ether oxygens (including phenoxy) is 1. The van der Waals surface area contributed by atoms with Crippen LogP contribution in [0.4, 0.5) is 0 Å². The third-order valence-corrected chi connectivity index (χ3v) is 2.91. The highest BCUT2D eigenvalue weighted by Crippen LogP contribution is 2.29. The van der Waals surface area contributed by atoms with Crippen LogP contribution in [0.15, 0.2) is 0 Å². The van der Waals surface area contributed by atoms with E-state index in [1.807, 2.05) is 6.92 Å². The second-order valence-electron chi connectivity index (χ2n) is 4.05. The molecule has 1 aliphatic heterocycles. The van der Waals surface area contributed by atoms with Crippen LogP contribution in [0, 0.1) is 0 Å². The van der Waals surface area contributed by atoms with Crippen LogP contribution in [-0.4, -0.2) is 54.7 Å². The van der Waals surface area contributed by atoms with Gasteiger partial charge < -0.3 is 14.5 Å². The lowest BCUT2D eigenvalue weighted by Crippen LogP contribution is -2.53. The van der Waals surface area contributed by atoms with E-state index in [-0.39, 0.29) is 18.4 Å². The van der Waals surface area contributed by atoms with E-state index in [4.69, 9.17) is 15.8 Å². The smallest absolute Gasteiger partial charge is 0.353 e. The predicted molar refractivity (Wildman–Crippen MR) is 65.7 cm³/mol. The Kier molecular flexibility index (Phi) is 4.23. The average molecular weight is 258 g/mol. The summed E-state index contributed by atoms with van der Waals surface area (Å²) in [6.45, 7) is 5.52. The number of hydrogen-bond acceptors (Lipinski definition) is 4. The molecule has 0 aromatic carbocycles. The summed E-state index contributed by atoms with van der Waals surface area (Å²) in [6, 6.07) is -0.132. The van der Waals surface area contributed by atoms with Gasteiger partial charge in [-0.3, -0.25) is 9.69 Å². The Morgan fingerprint density at radius 1 is 1.94 bits per heavy atom. The molecule has 1 amide bonds. The van der Waals surface area contributed by atoms with Gasteiger partial charge in [0.15, 0.2) is 5.72 Å². The summed E-state index contributed by atoms with van der Waals surface area (Å²) in [6.07, 6.45) is 0.